The third-order valence-corrected chi connectivity index (χ3v) is 12.3. The standard InChI is InChI=1S/C53H102O6/c1-7-49(6)41-35-29-25-26-31-37-43-52(55)58-46-50(59-53(56)44-38-32-24-20-16-15-18-22-28-34-40-48(4)5)45-57-51(54)42-36-30-23-19-14-12-10-8-9-11-13-17-21-27-33-39-47(2)3/h47-50H,7-46H2,1-6H3/t49?,50-/m0/s1. The number of hydrogen-bond donors (Lipinski definition) is 0. The predicted molar refractivity (Wildman–Crippen MR) is 252 cm³/mol. The summed E-state index contributed by atoms with van der Waals surface area (Å²) in [7, 11) is 0. The average Bonchev–Trinajstić information content (AvgIpc) is 3.20. The monoisotopic (exact) mass is 835 g/mol. The average molecular weight is 835 g/mol. The number of esters is 3. The molecule has 0 aliphatic heterocycles. The molecule has 6 nitrogen and oxygen atoms in total. The van der Waals surface area contributed by atoms with Crippen molar-refractivity contribution in [1.29, 1.82) is 0 Å². The van der Waals surface area contributed by atoms with Crippen LogP contribution in [0.5, 0.6) is 0 Å². The van der Waals surface area contributed by atoms with Crippen LogP contribution in [0.1, 0.15) is 286 Å². The smallest absolute Gasteiger partial charge is 0.306 e. The van der Waals surface area contributed by atoms with Crippen molar-refractivity contribution in [2.24, 2.45) is 17.8 Å². The highest BCUT2D eigenvalue weighted by molar-refractivity contribution is 5.71. The molecule has 0 aromatic heterocycles. The number of unbranched alkanes of at least 4 members (excludes halogenated alkanes) is 28. The van der Waals surface area contributed by atoms with Crippen LogP contribution >= 0.6 is 0 Å². The summed E-state index contributed by atoms with van der Waals surface area (Å²) in [6.45, 7) is 13.7. The highest BCUT2D eigenvalue weighted by atomic mass is 16.6. The Balaban J connectivity index is 4.27. The third-order valence-electron chi connectivity index (χ3n) is 12.3. The summed E-state index contributed by atoms with van der Waals surface area (Å²) in [4.78, 5) is 37.9. The highest BCUT2D eigenvalue weighted by Crippen LogP contribution is 2.18. The van der Waals surface area contributed by atoms with E-state index in [9.17, 15) is 14.4 Å². The second-order valence-electron chi connectivity index (χ2n) is 19.4. The van der Waals surface area contributed by atoms with Gasteiger partial charge in [0.15, 0.2) is 6.10 Å². The van der Waals surface area contributed by atoms with Crippen molar-refractivity contribution < 1.29 is 28.6 Å². The molecule has 0 saturated heterocycles. The fourth-order valence-electron chi connectivity index (χ4n) is 7.91. The van der Waals surface area contributed by atoms with E-state index in [0.717, 1.165) is 75.5 Å². The van der Waals surface area contributed by atoms with Crippen LogP contribution in [0.15, 0.2) is 0 Å². The van der Waals surface area contributed by atoms with Gasteiger partial charge >= 0.3 is 17.9 Å². The second kappa shape index (κ2) is 44.5. The van der Waals surface area contributed by atoms with Crippen LogP contribution in [0.4, 0.5) is 0 Å². The Bertz CT molecular complexity index is 916. The van der Waals surface area contributed by atoms with Crippen molar-refractivity contribution >= 4 is 17.9 Å². The lowest BCUT2D eigenvalue weighted by Gasteiger charge is -2.18. The molecule has 0 rings (SSSR count). The Morgan fingerprint density at radius 1 is 0.339 bits per heavy atom. The predicted octanol–water partition coefficient (Wildman–Crippen LogP) is 16.8. The van der Waals surface area contributed by atoms with Gasteiger partial charge < -0.3 is 14.2 Å². The fourth-order valence-corrected chi connectivity index (χ4v) is 7.91. The molecule has 1 unspecified atom stereocenters. The van der Waals surface area contributed by atoms with Gasteiger partial charge in [-0.25, -0.2) is 0 Å². The summed E-state index contributed by atoms with van der Waals surface area (Å²) in [6, 6.07) is 0. The quantitative estimate of drug-likeness (QED) is 0.0345. The van der Waals surface area contributed by atoms with E-state index in [4.69, 9.17) is 14.2 Å². The molecule has 0 N–H and O–H groups in total. The maximum Gasteiger partial charge on any atom is 0.306 e. The van der Waals surface area contributed by atoms with E-state index in [1.54, 1.807) is 0 Å². The van der Waals surface area contributed by atoms with Gasteiger partial charge in [0.1, 0.15) is 13.2 Å². The molecule has 6 heteroatoms. The van der Waals surface area contributed by atoms with Gasteiger partial charge in [0.05, 0.1) is 0 Å². The van der Waals surface area contributed by atoms with Crippen molar-refractivity contribution in [3.05, 3.63) is 0 Å². The minimum Gasteiger partial charge on any atom is -0.462 e. The van der Waals surface area contributed by atoms with Gasteiger partial charge in [-0.2, -0.15) is 0 Å². The van der Waals surface area contributed by atoms with E-state index >= 15 is 0 Å². The van der Waals surface area contributed by atoms with E-state index < -0.39 is 6.10 Å². The zero-order valence-electron chi connectivity index (χ0n) is 40.5. The zero-order chi connectivity index (χ0) is 43.4. The van der Waals surface area contributed by atoms with Gasteiger partial charge in [0.2, 0.25) is 0 Å². The van der Waals surface area contributed by atoms with Gasteiger partial charge in [0, 0.05) is 19.3 Å². The lowest BCUT2D eigenvalue weighted by Crippen LogP contribution is -2.30. The Labute approximate surface area is 368 Å². The number of ether oxygens (including phenoxy) is 3. The normalized spacial score (nSPS) is 12.6. The molecule has 0 aliphatic carbocycles. The van der Waals surface area contributed by atoms with Crippen molar-refractivity contribution in [3.8, 4) is 0 Å². The lowest BCUT2D eigenvalue weighted by atomic mass is 10.00. The van der Waals surface area contributed by atoms with Gasteiger partial charge in [0.25, 0.3) is 0 Å². The number of hydrogen-bond acceptors (Lipinski definition) is 6. The molecular weight excluding hydrogens is 733 g/mol. The molecule has 0 aromatic carbocycles. The van der Waals surface area contributed by atoms with Gasteiger partial charge in [-0.05, 0) is 37.0 Å². The van der Waals surface area contributed by atoms with E-state index in [0.29, 0.717) is 19.3 Å². The lowest BCUT2D eigenvalue weighted by molar-refractivity contribution is -0.167. The maximum atomic E-state index is 12.8. The van der Waals surface area contributed by atoms with Crippen LogP contribution in [0.25, 0.3) is 0 Å². The number of rotatable bonds is 46. The van der Waals surface area contributed by atoms with E-state index in [2.05, 4.69) is 41.5 Å². The molecule has 0 aliphatic rings. The second-order valence-corrected chi connectivity index (χ2v) is 19.4. The Morgan fingerprint density at radius 2 is 0.593 bits per heavy atom. The highest BCUT2D eigenvalue weighted by Gasteiger charge is 2.19. The Morgan fingerprint density at radius 3 is 0.881 bits per heavy atom. The molecule has 0 fully saturated rings. The summed E-state index contributed by atoms with van der Waals surface area (Å²) in [5, 5.41) is 0. The van der Waals surface area contributed by atoms with Crippen LogP contribution in [0.3, 0.4) is 0 Å². The van der Waals surface area contributed by atoms with Gasteiger partial charge in [-0.15, -0.1) is 0 Å². The van der Waals surface area contributed by atoms with Crippen molar-refractivity contribution in [1.82, 2.24) is 0 Å². The molecule has 0 heterocycles. The van der Waals surface area contributed by atoms with Crippen LogP contribution in [-0.4, -0.2) is 37.2 Å². The van der Waals surface area contributed by atoms with Gasteiger partial charge in [-0.1, -0.05) is 247 Å². The SMILES string of the molecule is CCC(C)CCCCCCCCC(=O)OC[C@H](COC(=O)CCCCCCCCCCCCCCCCCC(C)C)OC(=O)CCCCCCCCCCCCC(C)C. The number of carbonyl (C=O) groups is 3. The first kappa shape index (κ1) is 57.4. The zero-order valence-corrected chi connectivity index (χ0v) is 40.5. The molecule has 0 spiro atoms. The number of carbonyl (C=O) groups excluding carboxylic acids is 3. The summed E-state index contributed by atoms with van der Waals surface area (Å²) < 4.78 is 16.8. The first-order valence-corrected chi connectivity index (χ1v) is 26.1. The van der Waals surface area contributed by atoms with Crippen LogP contribution in [0.2, 0.25) is 0 Å². The molecule has 0 radical (unpaired) electrons. The molecule has 0 bridgehead atoms. The van der Waals surface area contributed by atoms with E-state index in [1.165, 1.54) is 167 Å². The molecule has 0 amide bonds. The first-order valence-electron chi connectivity index (χ1n) is 26.1. The molecular formula is C53H102O6. The molecule has 350 valence electrons. The van der Waals surface area contributed by atoms with Crippen molar-refractivity contribution in [2.75, 3.05) is 13.2 Å². The maximum absolute atomic E-state index is 12.8. The summed E-state index contributed by atoms with van der Waals surface area (Å²) in [6.07, 6.45) is 43.8. The van der Waals surface area contributed by atoms with Crippen molar-refractivity contribution in [2.45, 2.75) is 292 Å². The third kappa shape index (κ3) is 45.8. The Hall–Kier alpha value is -1.59. The van der Waals surface area contributed by atoms with E-state index in [-0.39, 0.29) is 31.1 Å². The summed E-state index contributed by atoms with van der Waals surface area (Å²) in [5.74, 6) is 1.62. The molecule has 2 atom stereocenters. The first-order chi connectivity index (χ1) is 28.6. The minimum atomic E-state index is -0.763. The molecule has 0 aromatic rings. The van der Waals surface area contributed by atoms with Crippen LogP contribution in [0, 0.1) is 17.8 Å². The van der Waals surface area contributed by atoms with Crippen molar-refractivity contribution in [3.63, 3.8) is 0 Å². The van der Waals surface area contributed by atoms with E-state index in [1.807, 2.05) is 0 Å². The topological polar surface area (TPSA) is 78.9 Å². The van der Waals surface area contributed by atoms with Crippen LogP contribution in [-0.2, 0) is 28.6 Å². The molecule has 0 saturated carbocycles. The minimum absolute atomic E-state index is 0.0652. The molecule has 59 heavy (non-hydrogen) atoms. The fraction of sp³-hybridized carbons (Fsp3) is 0.943. The largest absolute Gasteiger partial charge is 0.462 e. The summed E-state index contributed by atoms with van der Waals surface area (Å²) >= 11 is 0. The summed E-state index contributed by atoms with van der Waals surface area (Å²) in [5.41, 5.74) is 0. The Kier molecular flexibility index (Phi) is 43.3. The van der Waals surface area contributed by atoms with Gasteiger partial charge in [-0.3, -0.25) is 14.4 Å². The van der Waals surface area contributed by atoms with Crippen LogP contribution < -0.4 is 0 Å².